The minimum atomic E-state index is -0.532. The summed E-state index contributed by atoms with van der Waals surface area (Å²) in [6.45, 7) is 0.420. The molecule has 0 spiro atoms. The van der Waals surface area contributed by atoms with Crippen LogP contribution >= 0.6 is 11.6 Å². The van der Waals surface area contributed by atoms with Crippen molar-refractivity contribution >= 4 is 29.0 Å². The zero-order valence-corrected chi connectivity index (χ0v) is 10.4. The topological polar surface area (TPSA) is 61.2 Å². The van der Waals surface area contributed by atoms with Crippen LogP contribution in [0.3, 0.4) is 0 Å². The lowest BCUT2D eigenvalue weighted by Gasteiger charge is -2.16. The summed E-state index contributed by atoms with van der Waals surface area (Å²) in [6.07, 6.45) is 1.83. The Balaban J connectivity index is 2.21. The first kappa shape index (κ1) is 12.6. The molecule has 0 aliphatic carbocycles. The van der Waals surface area contributed by atoms with Gasteiger partial charge in [0, 0.05) is 13.0 Å². The molecule has 0 aromatic heterocycles. The lowest BCUT2D eigenvalue weighted by molar-refractivity contribution is -0.114. The van der Waals surface area contributed by atoms with Gasteiger partial charge >= 0.3 is 0 Å². The molecule has 4 nitrogen and oxygen atoms in total. The number of hydrogen-bond donors (Lipinski definition) is 0. The number of anilines is 1. The second-order valence-corrected chi connectivity index (χ2v) is 4.44. The van der Waals surface area contributed by atoms with Gasteiger partial charge in [-0.3, -0.25) is 9.59 Å². The predicted octanol–water partition coefficient (Wildman–Crippen LogP) is 2.56. The summed E-state index contributed by atoms with van der Waals surface area (Å²) in [5.41, 5.74) is 0.874. The number of hydrogen-bond acceptors (Lipinski definition) is 3. The van der Waals surface area contributed by atoms with Crippen molar-refractivity contribution in [2.45, 2.75) is 19.3 Å². The fourth-order valence-corrected chi connectivity index (χ4v) is 2.28. The maximum absolute atomic E-state index is 11.8. The summed E-state index contributed by atoms with van der Waals surface area (Å²) in [4.78, 5) is 25.0. The van der Waals surface area contributed by atoms with Crippen LogP contribution < -0.4 is 4.90 Å². The van der Waals surface area contributed by atoms with E-state index in [-0.39, 0.29) is 0 Å². The van der Waals surface area contributed by atoms with Crippen LogP contribution in [0.4, 0.5) is 5.69 Å². The predicted molar refractivity (Wildman–Crippen MR) is 67.6 cm³/mol. The van der Waals surface area contributed by atoms with Gasteiger partial charge in [0.1, 0.15) is 0 Å². The van der Waals surface area contributed by atoms with Crippen LogP contribution in [0.1, 0.15) is 29.6 Å². The summed E-state index contributed by atoms with van der Waals surface area (Å²) >= 11 is 6.04. The number of amides is 1. The van der Waals surface area contributed by atoms with E-state index in [0.29, 0.717) is 42.1 Å². The molecule has 0 bridgehead atoms. The zero-order valence-electron chi connectivity index (χ0n) is 9.65. The summed E-state index contributed by atoms with van der Waals surface area (Å²) in [7, 11) is 0. The minimum absolute atomic E-state index is 0.368. The molecule has 5 heteroatoms. The van der Waals surface area contributed by atoms with Crippen molar-refractivity contribution in [3.63, 3.8) is 0 Å². The molecule has 18 heavy (non-hydrogen) atoms. The number of ketones is 1. The lowest BCUT2D eigenvalue weighted by atomic mass is 10.1. The molecular formula is C13H11ClN2O2. The number of Topliss-reactive ketones (excluding diaryl/α,β-unsaturated/α-hetero) is 1. The second kappa shape index (κ2) is 5.19. The van der Waals surface area contributed by atoms with Gasteiger partial charge in [-0.1, -0.05) is 17.7 Å². The number of rotatable bonds is 4. The summed E-state index contributed by atoms with van der Waals surface area (Å²) in [5, 5.41) is 8.86. The number of benzene rings is 1. The number of nitriles is 1. The van der Waals surface area contributed by atoms with Gasteiger partial charge in [-0.2, -0.15) is 5.26 Å². The number of carbonyl (C=O) groups excluding carboxylic acids is 2. The lowest BCUT2D eigenvalue weighted by Crippen LogP contribution is -2.30. The maximum Gasteiger partial charge on any atom is 0.299 e. The monoisotopic (exact) mass is 262 g/mol. The summed E-state index contributed by atoms with van der Waals surface area (Å²) < 4.78 is 0. The first-order chi connectivity index (χ1) is 8.66. The number of fused-ring (bicyclic) bond motifs is 1. The average Bonchev–Trinajstić information content (AvgIpc) is 2.61. The quantitative estimate of drug-likeness (QED) is 0.619. The summed E-state index contributed by atoms with van der Waals surface area (Å²) in [5.74, 6) is -1.04. The van der Waals surface area contributed by atoms with Gasteiger partial charge in [-0.05, 0) is 25.0 Å². The van der Waals surface area contributed by atoms with Gasteiger partial charge in [-0.25, -0.2) is 0 Å². The Morgan fingerprint density at radius 3 is 2.78 bits per heavy atom. The average molecular weight is 263 g/mol. The first-order valence-electron chi connectivity index (χ1n) is 5.68. The molecule has 0 unspecified atom stereocenters. The summed E-state index contributed by atoms with van der Waals surface area (Å²) in [6, 6.07) is 6.97. The molecule has 1 aliphatic heterocycles. The Morgan fingerprint density at radius 2 is 2.06 bits per heavy atom. The van der Waals surface area contributed by atoms with Gasteiger partial charge in [-0.15, -0.1) is 0 Å². The third-order valence-electron chi connectivity index (χ3n) is 2.86. The molecule has 92 valence electrons. The van der Waals surface area contributed by atoms with Gasteiger partial charge in [0.25, 0.3) is 11.7 Å². The molecular weight excluding hydrogens is 252 g/mol. The third kappa shape index (κ3) is 2.09. The number of para-hydroxylation sites is 1. The molecule has 1 aliphatic rings. The Kier molecular flexibility index (Phi) is 3.63. The van der Waals surface area contributed by atoms with Crippen molar-refractivity contribution < 1.29 is 9.59 Å². The fraction of sp³-hybridized carbons (Fsp3) is 0.308. The van der Waals surface area contributed by atoms with Crippen molar-refractivity contribution in [3.8, 4) is 6.07 Å². The van der Waals surface area contributed by atoms with Crippen molar-refractivity contribution in [1.29, 1.82) is 5.26 Å². The second-order valence-electron chi connectivity index (χ2n) is 4.04. The van der Waals surface area contributed by atoms with E-state index in [0.717, 1.165) is 0 Å². The van der Waals surface area contributed by atoms with E-state index in [1.807, 2.05) is 6.07 Å². The first-order valence-corrected chi connectivity index (χ1v) is 6.06. The van der Waals surface area contributed by atoms with Crippen molar-refractivity contribution in [3.05, 3.63) is 28.8 Å². The van der Waals surface area contributed by atoms with E-state index >= 15 is 0 Å². The number of nitrogens with zero attached hydrogens (tertiary/aromatic N) is 2. The zero-order chi connectivity index (χ0) is 13.1. The van der Waals surface area contributed by atoms with Crippen molar-refractivity contribution in [2.75, 3.05) is 11.4 Å². The highest BCUT2D eigenvalue weighted by atomic mass is 35.5. The molecule has 1 amide bonds. The van der Waals surface area contributed by atoms with Gasteiger partial charge in [0.15, 0.2) is 0 Å². The van der Waals surface area contributed by atoms with Crippen LogP contribution in [0.5, 0.6) is 0 Å². The van der Waals surface area contributed by atoms with Gasteiger partial charge in [0.05, 0.1) is 22.3 Å². The standard InChI is InChI=1S/C13H11ClN2O2/c14-10-6-4-5-9-11(10)16(13(18)12(9)17)8-3-1-2-7-15/h4-6H,1-3,8H2. The fourth-order valence-electron chi connectivity index (χ4n) is 2.00. The Hall–Kier alpha value is -1.86. The van der Waals surface area contributed by atoms with Gasteiger partial charge in [0.2, 0.25) is 0 Å². The molecule has 0 atom stereocenters. The highest BCUT2D eigenvalue weighted by Gasteiger charge is 2.36. The highest BCUT2D eigenvalue weighted by Crippen LogP contribution is 2.35. The number of carbonyl (C=O) groups is 2. The third-order valence-corrected chi connectivity index (χ3v) is 3.17. The normalized spacial score (nSPS) is 13.7. The molecule has 0 N–H and O–H groups in total. The van der Waals surface area contributed by atoms with Crippen molar-refractivity contribution in [1.82, 2.24) is 0 Å². The molecule has 1 aromatic rings. The van der Waals surface area contributed by atoms with E-state index < -0.39 is 11.7 Å². The molecule has 2 rings (SSSR count). The Morgan fingerprint density at radius 1 is 1.28 bits per heavy atom. The molecule has 0 radical (unpaired) electrons. The van der Waals surface area contributed by atoms with Crippen molar-refractivity contribution in [2.24, 2.45) is 0 Å². The molecule has 0 saturated heterocycles. The molecule has 0 saturated carbocycles. The van der Waals surface area contributed by atoms with Gasteiger partial charge < -0.3 is 4.90 Å². The Bertz CT molecular complexity index is 548. The van der Waals surface area contributed by atoms with Crippen LogP contribution in [-0.2, 0) is 4.79 Å². The van der Waals surface area contributed by atoms with E-state index in [1.165, 1.54) is 4.90 Å². The number of unbranched alkanes of at least 4 members (excludes halogenated alkanes) is 2. The minimum Gasteiger partial charge on any atom is -0.303 e. The van der Waals surface area contributed by atoms with E-state index in [4.69, 9.17) is 16.9 Å². The van der Waals surface area contributed by atoms with Crippen LogP contribution in [0.25, 0.3) is 0 Å². The molecule has 1 aromatic carbocycles. The van der Waals surface area contributed by atoms with Crippen LogP contribution in [0.2, 0.25) is 5.02 Å². The van der Waals surface area contributed by atoms with E-state index in [9.17, 15) is 9.59 Å². The largest absolute Gasteiger partial charge is 0.303 e. The smallest absolute Gasteiger partial charge is 0.299 e. The SMILES string of the molecule is N#CCCCCN1C(=O)C(=O)c2cccc(Cl)c21. The molecule has 0 fully saturated rings. The van der Waals surface area contributed by atoms with Crippen LogP contribution in [0.15, 0.2) is 18.2 Å². The maximum atomic E-state index is 11.8. The number of halogens is 1. The van der Waals surface area contributed by atoms with E-state index in [2.05, 4.69) is 0 Å². The highest BCUT2D eigenvalue weighted by molar-refractivity contribution is 6.54. The van der Waals surface area contributed by atoms with Crippen LogP contribution in [-0.4, -0.2) is 18.2 Å². The molecule has 1 heterocycles. The van der Waals surface area contributed by atoms with E-state index in [1.54, 1.807) is 18.2 Å². The van der Waals surface area contributed by atoms with Crippen LogP contribution in [0, 0.1) is 11.3 Å². The Labute approximate surface area is 110 Å².